The molecular formula is C13H17N3. The number of nitrogen functional groups attached to an aromatic ring is 1. The molecule has 0 amide bonds. The van der Waals surface area contributed by atoms with Crippen LogP contribution in [-0.4, -0.2) is 9.38 Å². The van der Waals surface area contributed by atoms with E-state index in [9.17, 15) is 0 Å². The number of hydrogen-bond donors (Lipinski definition) is 1. The van der Waals surface area contributed by atoms with Crippen LogP contribution >= 0.6 is 0 Å². The third kappa shape index (κ3) is 1.66. The van der Waals surface area contributed by atoms with Gasteiger partial charge in [0.1, 0.15) is 5.65 Å². The van der Waals surface area contributed by atoms with Gasteiger partial charge in [-0.3, -0.25) is 0 Å². The first-order valence-electron chi connectivity index (χ1n) is 6.07. The van der Waals surface area contributed by atoms with Crippen molar-refractivity contribution in [3.8, 4) is 0 Å². The van der Waals surface area contributed by atoms with E-state index in [2.05, 4.69) is 15.6 Å². The number of nitrogens with two attached hydrogens (primary N) is 1. The Hall–Kier alpha value is -1.51. The van der Waals surface area contributed by atoms with Crippen molar-refractivity contribution >= 4 is 11.3 Å². The summed E-state index contributed by atoms with van der Waals surface area (Å²) in [6.45, 7) is 0. The average Bonchev–Trinajstić information content (AvgIpc) is 2.73. The predicted octanol–water partition coefficient (Wildman–Crippen LogP) is 2.96. The lowest BCUT2D eigenvalue weighted by Crippen LogP contribution is -2.04. The lowest BCUT2D eigenvalue weighted by atomic mass is 9.87. The van der Waals surface area contributed by atoms with Crippen LogP contribution in [0.25, 0.3) is 5.65 Å². The fourth-order valence-electron chi connectivity index (χ4n) is 2.61. The van der Waals surface area contributed by atoms with Crippen molar-refractivity contribution in [3.63, 3.8) is 0 Å². The molecule has 0 bridgehead atoms. The number of nitrogens with zero attached hydrogens (tertiary/aromatic N) is 2. The van der Waals surface area contributed by atoms with Crippen molar-refractivity contribution < 1.29 is 0 Å². The molecule has 2 heterocycles. The normalized spacial score (nSPS) is 18.0. The molecule has 2 aromatic rings. The summed E-state index contributed by atoms with van der Waals surface area (Å²) in [4.78, 5) is 4.68. The smallest absolute Gasteiger partial charge is 0.139 e. The number of rotatable bonds is 1. The number of imidazole rings is 1. The molecule has 2 N–H and O–H groups in total. The van der Waals surface area contributed by atoms with Crippen LogP contribution in [0.1, 0.15) is 43.7 Å². The van der Waals surface area contributed by atoms with Gasteiger partial charge in [-0.05, 0) is 18.9 Å². The zero-order valence-corrected chi connectivity index (χ0v) is 9.39. The molecule has 0 spiro atoms. The summed E-state index contributed by atoms with van der Waals surface area (Å²) in [5.74, 6) is 0.662. The van der Waals surface area contributed by atoms with Crippen LogP contribution in [0.5, 0.6) is 0 Å². The largest absolute Gasteiger partial charge is 0.399 e. The molecule has 0 aliphatic heterocycles. The molecule has 16 heavy (non-hydrogen) atoms. The van der Waals surface area contributed by atoms with Crippen molar-refractivity contribution in [2.75, 3.05) is 5.73 Å². The van der Waals surface area contributed by atoms with Crippen molar-refractivity contribution in [3.05, 3.63) is 30.2 Å². The maximum Gasteiger partial charge on any atom is 0.139 e. The highest BCUT2D eigenvalue weighted by Gasteiger charge is 2.18. The van der Waals surface area contributed by atoms with E-state index in [0.29, 0.717) is 5.92 Å². The summed E-state index contributed by atoms with van der Waals surface area (Å²) in [6, 6.07) is 3.85. The quantitative estimate of drug-likeness (QED) is 0.794. The molecule has 0 radical (unpaired) electrons. The van der Waals surface area contributed by atoms with Gasteiger partial charge < -0.3 is 10.1 Å². The summed E-state index contributed by atoms with van der Waals surface area (Å²) in [7, 11) is 0. The third-order valence-corrected chi connectivity index (χ3v) is 3.53. The highest BCUT2D eigenvalue weighted by molar-refractivity contribution is 5.52. The first-order chi connectivity index (χ1) is 7.83. The Labute approximate surface area is 95.3 Å². The molecule has 3 rings (SSSR count). The zero-order chi connectivity index (χ0) is 11.0. The number of pyridine rings is 1. The first kappa shape index (κ1) is 9.70. The molecule has 1 aliphatic rings. The van der Waals surface area contributed by atoms with Gasteiger partial charge in [-0.2, -0.15) is 0 Å². The standard InChI is InChI=1S/C13H17N3/c14-11-6-7-16-9-12(15-13(16)8-11)10-4-2-1-3-5-10/h6-10H,1-5,14H2. The van der Waals surface area contributed by atoms with Crippen LogP contribution in [0, 0.1) is 0 Å². The molecule has 2 aromatic heterocycles. The average molecular weight is 215 g/mol. The molecule has 1 aliphatic carbocycles. The highest BCUT2D eigenvalue weighted by Crippen LogP contribution is 2.32. The molecule has 1 saturated carbocycles. The van der Waals surface area contributed by atoms with Gasteiger partial charge in [-0.15, -0.1) is 0 Å². The Balaban J connectivity index is 1.97. The van der Waals surface area contributed by atoms with E-state index >= 15 is 0 Å². The molecular weight excluding hydrogens is 198 g/mol. The minimum Gasteiger partial charge on any atom is -0.399 e. The van der Waals surface area contributed by atoms with Gasteiger partial charge in [0.25, 0.3) is 0 Å². The molecule has 0 aromatic carbocycles. The minimum absolute atomic E-state index is 0.662. The van der Waals surface area contributed by atoms with Crippen LogP contribution < -0.4 is 5.73 Å². The SMILES string of the molecule is Nc1ccn2cc(C3CCCCC3)nc2c1. The third-order valence-electron chi connectivity index (χ3n) is 3.53. The second kappa shape index (κ2) is 3.81. The van der Waals surface area contributed by atoms with Crippen LogP contribution in [0.15, 0.2) is 24.5 Å². The number of aromatic nitrogens is 2. The molecule has 3 nitrogen and oxygen atoms in total. The first-order valence-corrected chi connectivity index (χ1v) is 6.07. The Kier molecular flexibility index (Phi) is 2.31. The summed E-state index contributed by atoms with van der Waals surface area (Å²) in [6.07, 6.45) is 10.8. The van der Waals surface area contributed by atoms with Gasteiger partial charge in [0.2, 0.25) is 0 Å². The topological polar surface area (TPSA) is 43.3 Å². The Bertz CT molecular complexity index is 495. The predicted molar refractivity (Wildman–Crippen MR) is 65.4 cm³/mol. The minimum atomic E-state index is 0.662. The summed E-state index contributed by atoms with van der Waals surface area (Å²) in [5.41, 5.74) is 8.76. The van der Waals surface area contributed by atoms with Crippen LogP contribution in [-0.2, 0) is 0 Å². The van der Waals surface area contributed by atoms with Crippen LogP contribution in [0.3, 0.4) is 0 Å². The van der Waals surface area contributed by atoms with Crippen molar-refractivity contribution in [2.45, 2.75) is 38.0 Å². The zero-order valence-electron chi connectivity index (χ0n) is 9.39. The Morgan fingerprint density at radius 2 is 2.06 bits per heavy atom. The van der Waals surface area contributed by atoms with E-state index in [1.807, 2.05) is 18.3 Å². The molecule has 0 unspecified atom stereocenters. The second-order valence-electron chi connectivity index (χ2n) is 4.73. The van der Waals surface area contributed by atoms with Crippen molar-refractivity contribution in [1.82, 2.24) is 9.38 Å². The van der Waals surface area contributed by atoms with Gasteiger partial charge in [0.05, 0.1) is 5.69 Å². The highest BCUT2D eigenvalue weighted by atomic mass is 15.0. The van der Waals surface area contributed by atoms with Gasteiger partial charge in [0, 0.05) is 30.1 Å². The Morgan fingerprint density at radius 1 is 1.25 bits per heavy atom. The molecule has 1 fully saturated rings. The van der Waals surface area contributed by atoms with Crippen molar-refractivity contribution in [1.29, 1.82) is 0 Å². The Morgan fingerprint density at radius 3 is 2.88 bits per heavy atom. The lowest BCUT2D eigenvalue weighted by Gasteiger charge is -2.19. The summed E-state index contributed by atoms with van der Waals surface area (Å²) < 4.78 is 2.07. The fraction of sp³-hybridized carbons (Fsp3) is 0.462. The van der Waals surface area contributed by atoms with E-state index in [0.717, 1.165) is 11.3 Å². The summed E-state index contributed by atoms with van der Waals surface area (Å²) in [5, 5.41) is 0. The second-order valence-corrected chi connectivity index (χ2v) is 4.73. The van der Waals surface area contributed by atoms with Crippen LogP contribution in [0.2, 0.25) is 0 Å². The molecule has 3 heteroatoms. The van der Waals surface area contributed by atoms with Gasteiger partial charge in [-0.25, -0.2) is 4.98 Å². The number of hydrogen-bond acceptors (Lipinski definition) is 2. The molecule has 84 valence electrons. The van der Waals surface area contributed by atoms with Crippen LogP contribution in [0.4, 0.5) is 5.69 Å². The number of fused-ring (bicyclic) bond motifs is 1. The molecule has 0 atom stereocenters. The van der Waals surface area contributed by atoms with Gasteiger partial charge >= 0.3 is 0 Å². The van der Waals surface area contributed by atoms with E-state index in [1.54, 1.807) is 0 Å². The number of anilines is 1. The van der Waals surface area contributed by atoms with E-state index in [-0.39, 0.29) is 0 Å². The summed E-state index contributed by atoms with van der Waals surface area (Å²) >= 11 is 0. The molecule has 0 saturated heterocycles. The maximum atomic E-state index is 5.76. The fourth-order valence-corrected chi connectivity index (χ4v) is 2.61. The maximum absolute atomic E-state index is 5.76. The monoisotopic (exact) mass is 215 g/mol. The van der Waals surface area contributed by atoms with E-state index in [1.165, 1.54) is 37.8 Å². The lowest BCUT2D eigenvalue weighted by molar-refractivity contribution is 0.438. The van der Waals surface area contributed by atoms with Crippen molar-refractivity contribution in [2.24, 2.45) is 0 Å². The van der Waals surface area contributed by atoms with Gasteiger partial charge in [0.15, 0.2) is 0 Å². The van der Waals surface area contributed by atoms with E-state index < -0.39 is 0 Å². The van der Waals surface area contributed by atoms with Gasteiger partial charge in [-0.1, -0.05) is 19.3 Å². The van der Waals surface area contributed by atoms with E-state index in [4.69, 9.17) is 5.73 Å².